The van der Waals surface area contributed by atoms with E-state index in [1.54, 1.807) is 0 Å². The molecular weight excluding hydrogens is 306 g/mol. The summed E-state index contributed by atoms with van der Waals surface area (Å²) >= 11 is 1.48. The van der Waals surface area contributed by atoms with Gasteiger partial charge in [0.2, 0.25) is 10.0 Å². The minimum Gasteiger partial charge on any atom is -0.298 e. The van der Waals surface area contributed by atoms with Gasteiger partial charge in [0.05, 0.1) is 10.9 Å². The van der Waals surface area contributed by atoms with Gasteiger partial charge in [-0.25, -0.2) is 13.4 Å². The molecule has 1 aromatic heterocycles. The van der Waals surface area contributed by atoms with E-state index in [-0.39, 0.29) is 5.25 Å². The first-order chi connectivity index (χ1) is 9.94. The maximum atomic E-state index is 12.0. The molecule has 1 aromatic rings. The molecule has 1 saturated carbocycles. The highest BCUT2D eigenvalue weighted by atomic mass is 32.2. The molecule has 2 heterocycles. The minimum absolute atomic E-state index is 0.200. The fourth-order valence-electron chi connectivity index (χ4n) is 2.63. The van der Waals surface area contributed by atoms with E-state index < -0.39 is 10.0 Å². The van der Waals surface area contributed by atoms with Gasteiger partial charge in [0.15, 0.2) is 5.13 Å². The summed E-state index contributed by atoms with van der Waals surface area (Å²) in [6.07, 6.45) is 4.05. The molecule has 0 amide bonds. The molecule has 0 bridgehead atoms. The zero-order valence-corrected chi connectivity index (χ0v) is 14.3. The Kier molecular flexibility index (Phi) is 4.25. The van der Waals surface area contributed by atoms with Gasteiger partial charge in [0.25, 0.3) is 0 Å². The number of sulfonamides is 1. The van der Waals surface area contributed by atoms with Crippen LogP contribution in [0.4, 0.5) is 5.13 Å². The fourth-order valence-corrected chi connectivity index (χ4v) is 5.21. The van der Waals surface area contributed by atoms with Gasteiger partial charge in [0, 0.05) is 11.4 Å². The third kappa shape index (κ3) is 3.76. The maximum Gasteiger partial charge on any atom is 0.237 e. The number of thiazole rings is 1. The van der Waals surface area contributed by atoms with Crippen LogP contribution in [-0.2, 0) is 16.6 Å². The van der Waals surface area contributed by atoms with Crippen LogP contribution < -0.4 is 4.72 Å². The van der Waals surface area contributed by atoms with Crippen molar-refractivity contribution in [3.05, 3.63) is 10.6 Å². The highest BCUT2D eigenvalue weighted by molar-refractivity contribution is 7.93. The van der Waals surface area contributed by atoms with Gasteiger partial charge in [-0.3, -0.25) is 9.62 Å². The SMILES string of the molecule is Cc1nc(NS(=O)(=O)C2CC2)sc1CN1CCC(C)CC1. The number of nitrogens with zero attached hydrogens (tertiary/aromatic N) is 2. The van der Waals surface area contributed by atoms with E-state index in [1.165, 1.54) is 29.1 Å². The number of hydrogen-bond donors (Lipinski definition) is 1. The highest BCUT2D eigenvalue weighted by Gasteiger charge is 2.36. The van der Waals surface area contributed by atoms with Crippen LogP contribution in [-0.4, -0.2) is 36.6 Å². The minimum atomic E-state index is -3.20. The first-order valence-electron chi connectivity index (χ1n) is 7.64. The van der Waals surface area contributed by atoms with E-state index in [4.69, 9.17) is 0 Å². The maximum absolute atomic E-state index is 12.0. The van der Waals surface area contributed by atoms with Crippen molar-refractivity contribution < 1.29 is 8.42 Å². The van der Waals surface area contributed by atoms with Crippen LogP contribution in [0.25, 0.3) is 0 Å². The van der Waals surface area contributed by atoms with Crippen molar-refractivity contribution in [1.82, 2.24) is 9.88 Å². The van der Waals surface area contributed by atoms with Crippen LogP contribution in [0.15, 0.2) is 0 Å². The molecule has 1 aliphatic heterocycles. The average Bonchev–Trinajstić information content (AvgIpc) is 3.20. The molecule has 3 rings (SSSR count). The Bertz CT molecular complexity index is 600. The van der Waals surface area contributed by atoms with Crippen molar-refractivity contribution in [2.24, 2.45) is 5.92 Å². The Morgan fingerprint density at radius 1 is 1.29 bits per heavy atom. The summed E-state index contributed by atoms with van der Waals surface area (Å²) in [5.41, 5.74) is 0.951. The van der Waals surface area contributed by atoms with Crippen molar-refractivity contribution in [3.8, 4) is 0 Å². The molecule has 21 heavy (non-hydrogen) atoms. The molecule has 0 radical (unpaired) electrons. The van der Waals surface area contributed by atoms with Crippen LogP contribution in [0, 0.1) is 12.8 Å². The number of hydrogen-bond acceptors (Lipinski definition) is 5. The monoisotopic (exact) mass is 329 g/mol. The molecular formula is C14H23N3O2S2. The zero-order valence-electron chi connectivity index (χ0n) is 12.6. The van der Waals surface area contributed by atoms with Gasteiger partial charge >= 0.3 is 0 Å². The molecule has 1 saturated heterocycles. The van der Waals surface area contributed by atoms with Crippen LogP contribution in [0.3, 0.4) is 0 Å². The van der Waals surface area contributed by atoms with Crippen LogP contribution in [0.2, 0.25) is 0 Å². The lowest BCUT2D eigenvalue weighted by molar-refractivity contribution is 0.186. The van der Waals surface area contributed by atoms with Gasteiger partial charge < -0.3 is 0 Å². The average molecular weight is 329 g/mol. The van der Waals surface area contributed by atoms with Gasteiger partial charge in [-0.2, -0.15) is 0 Å². The van der Waals surface area contributed by atoms with Crippen molar-refractivity contribution >= 4 is 26.5 Å². The molecule has 2 aliphatic rings. The summed E-state index contributed by atoms with van der Waals surface area (Å²) in [5, 5.41) is 0.327. The first kappa shape index (κ1) is 15.2. The molecule has 0 atom stereocenters. The highest BCUT2D eigenvalue weighted by Crippen LogP contribution is 2.32. The van der Waals surface area contributed by atoms with Crippen molar-refractivity contribution in [2.75, 3.05) is 17.8 Å². The standard InChI is InChI=1S/C14H23N3O2S2/c1-10-5-7-17(8-6-10)9-13-11(2)15-14(20-13)16-21(18,19)12-3-4-12/h10,12H,3-9H2,1-2H3,(H,15,16). The number of nitrogens with one attached hydrogen (secondary N) is 1. The van der Waals surface area contributed by atoms with Gasteiger partial charge in [-0.15, -0.1) is 0 Å². The molecule has 0 spiro atoms. The van der Waals surface area contributed by atoms with Gasteiger partial charge in [-0.1, -0.05) is 18.3 Å². The predicted octanol–water partition coefficient (Wildman–Crippen LogP) is 2.59. The Hall–Kier alpha value is -0.660. The molecule has 0 unspecified atom stereocenters. The largest absolute Gasteiger partial charge is 0.298 e. The number of aryl methyl sites for hydroxylation is 1. The Labute approximate surface area is 130 Å². The van der Waals surface area contributed by atoms with Crippen molar-refractivity contribution in [1.29, 1.82) is 0 Å². The molecule has 118 valence electrons. The van der Waals surface area contributed by atoms with Crippen LogP contribution in [0.1, 0.15) is 43.2 Å². The van der Waals surface area contributed by atoms with Crippen LogP contribution >= 0.6 is 11.3 Å². The third-order valence-corrected chi connectivity index (χ3v) is 7.34. The quantitative estimate of drug-likeness (QED) is 0.902. The van der Waals surface area contributed by atoms with E-state index in [1.807, 2.05) is 6.92 Å². The Balaban J connectivity index is 1.64. The Morgan fingerprint density at radius 2 is 1.95 bits per heavy atom. The lowest BCUT2D eigenvalue weighted by atomic mass is 9.99. The van der Waals surface area contributed by atoms with Crippen molar-refractivity contribution in [2.45, 2.75) is 51.3 Å². The summed E-state index contributed by atoms with van der Waals surface area (Å²) in [6.45, 7) is 7.41. The van der Waals surface area contributed by atoms with Crippen molar-refractivity contribution in [3.63, 3.8) is 0 Å². The molecule has 1 N–H and O–H groups in total. The van der Waals surface area contributed by atoms with Gasteiger partial charge in [0.1, 0.15) is 0 Å². The smallest absolute Gasteiger partial charge is 0.237 e. The summed E-state index contributed by atoms with van der Waals surface area (Å²) in [6, 6.07) is 0. The molecule has 7 heteroatoms. The topological polar surface area (TPSA) is 62.3 Å². The summed E-state index contributed by atoms with van der Waals surface area (Å²) < 4.78 is 26.6. The summed E-state index contributed by atoms with van der Waals surface area (Å²) in [7, 11) is -3.20. The third-order valence-electron chi connectivity index (χ3n) is 4.33. The van der Waals surface area contributed by atoms with E-state index in [0.29, 0.717) is 5.13 Å². The first-order valence-corrected chi connectivity index (χ1v) is 10.0. The second-order valence-corrected chi connectivity index (χ2v) is 9.38. The lowest BCUT2D eigenvalue weighted by Gasteiger charge is -2.29. The van der Waals surface area contributed by atoms with E-state index in [2.05, 4.69) is 21.5 Å². The van der Waals surface area contributed by atoms with Gasteiger partial charge in [-0.05, 0) is 51.6 Å². The second-order valence-electron chi connectivity index (χ2n) is 6.33. The second kappa shape index (κ2) is 5.85. The van der Waals surface area contributed by atoms with E-state index in [9.17, 15) is 8.42 Å². The van der Waals surface area contributed by atoms with E-state index in [0.717, 1.165) is 44.1 Å². The number of aromatic nitrogens is 1. The molecule has 2 fully saturated rings. The summed E-state index contributed by atoms with van der Waals surface area (Å²) in [4.78, 5) is 8.01. The number of piperidine rings is 1. The number of anilines is 1. The Morgan fingerprint density at radius 3 is 2.57 bits per heavy atom. The number of likely N-dealkylation sites (tertiary alicyclic amines) is 1. The van der Waals surface area contributed by atoms with E-state index >= 15 is 0 Å². The molecule has 5 nitrogen and oxygen atoms in total. The normalized spacial score (nSPS) is 21.6. The zero-order chi connectivity index (χ0) is 15.0. The van der Waals surface area contributed by atoms with Crippen LogP contribution in [0.5, 0.6) is 0 Å². The molecule has 0 aromatic carbocycles. The summed E-state index contributed by atoms with van der Waals surface area (Å²) in [5.74, 6) is 0.824. The lowest BCUT2D eigenvalue weighted by Crippen LogP contribution is -2.32. The fraction of sp³-hybridized carbons (Fsp3) is 0.786. The predicted molar refractivity (Wildman–Crippen MR) is 86.1 cm³/mol. The molecule has 1 aliphatic carbocycles. The number of rotatable bonds is 5.